The molecule has 0 saturated heterocycles. The van der Waals surface area contributed by atoms with Crippen LogP contribution in [0, 0.1) is 11.8 Å². The molecule has 0 atom stereocenters. The Morgan fingerprint density at radius 2 is 1.57 bits per heavy atom. The minimum Gasteiger partial charge on any atom is -0.368 e. The van der Waals surface area contributed by atoms with Crippen molar-refractivity contribution in [2.45, 2.75) is 38.0 Å². The Hall–Kier alpha value is -2.27. The van der Waals surface area contributed by atoms with Gasteiger partial charge in [-0.15, -0.1) is 0 Å². The fourth-order valence-electron chi connectivity index (χ4n) is 4.32. The van der Waals surface area contributed by atoms with E-state index in [4.69, 9.17) is 5.73 Å². The van der Waals surface area contributed by atoms with Gasteiger partial charge in [0.2, 0.25) is 16.0 Å². The number of rotatable bonds is 10. The molecular formula is C25H35BrN6O2S. The van der Waals surface area contributed by atoms with E-state index in [9.17, 15) is 8.42 Å². The Morgan fingerprint density at radius 3 is 2.29 bits per heavy atom. The smallest absolute Gasteiger partial charge is 0.241 e. The summed E-state index contributed by atoms with van der Waals surface area (Å²) >= 11 is 3.33. The number of aromatic nitrogens is 2. The largest absolute Gasteiger partial charge is 0.368 e. The van der Waals surface area contributed by atoms with Crippen LogP contribution in [0.4, 0.5) is 11.8 Å². The molecule has 4 rings (SSSR count). The lowest BCUT2D eigenvalue weighted by Crippen LogP contribution is -2.32. The van der Waals surface area contributed by atoms with E-state index in [1.54, 1.807) is 24.3 Å². The fraction of sp³-hybridized carbons (Fsp3) is 0.440. The van der Waals surface area contributed by atoms with Crippen molar-refractivity contribution in [2.75, 3.05) is 36.8 Å². The summed E-state index contributed by atoms with van der Waals surface area (Å²) in [5.74, 6) is 2.25. The van der Waals surface area contributed by atoms with E-state index in [1.165, 1.54) is 0 Å². The molecule has 0 unspecified atom stereocenters. The van der Waals surface area contributed by atoms with E-state index in [2.05, 4.69) is 41.3 Å². The van der Waals surface area contributed by atoms with Crippen LogP contribution in [-0.4, -0.2) is 44.6 Å². The van der Waals surface area contributed by atoms with E-state index in [1.807, 2.05) is 24.3 Å². The second kappa shape index (κ2) is 12.6. The number of halogens is 1. The van der Waals surface area contributed by atoms with Gasteiger partial charge in [0.15, 0.2) is 0 Å². The van der Waals surface area contributed by atoms with Crippen LogP contribution in [0.25, 0.3) is 10.9 Å². The molecule has 1 heterocycles. The number of nitrogens with one attached hydrogen (secondary N) is 3. The van der Waals surface area contributed by atoms with Crippen molar-refractivity contribution in [3.63, 3.8) is 0 Å². The fourth-order valence-corrected chi connectivity index (χ4v) is 6.44. The van der Waals surface area contributed by atoms with Crippen LogP contribution >= 0.6 is 15.9 Å². The van der Waals surface area contributed by atoms with Gasteiger partial charge >= 0.3 is 0 Å². The summed E-state index contributed by atoms with van der Waals surface area (Å²) in [5, 5.41) is 7.68. The molecule has 1 aromatic heterocycles. The average Bonchev–Trinajstić information content (AvgIpc) is 2.85. The molecule has 0 spiro atoms. The zero-order chi connectivity index (χ0) is 24.0. The standard InChI is InChI=1S/C24H31BrN6O2S.CH4/c25-20-6-2-4-8-22(20)34(32,33)29-16-18-11-9-17(10-12-18)15-28-24-30-21-7-3-1-5-19(21)23(31-24)27-14-13-26;/h1-8,17-18,29H,9-16,26H2,(H2,27,28,30,31);1H4. The molecule has 5 N–H and O–H groups in total. The number of nitrogens with two attached hydrogens (primary N) is 1. The molecule has 8 nitrogen and oxygen atoms in total. The zero-order valence-corrected chi connectivity index (χ0v) is 21.4. The molecule has 1 aliphatic carbocycles. The maximum absolute atomic E-state index is 12.6. The van der Waals surface area contributed by atoms with Crippen molar-refractivity contribution in [2.24, 2.45) is 17.6 Å². The quantitative estimate of drug-likeness (QED) is 0.285. The molecule has 1 fully saturated rings. The third-order valence-corrected chi connectivity index (χ3v) is 8.68. The summed E-state index contributed by atoms with van der Waals surface area (Å²) in [6.07, 6.45) is 4.07. The van der Waals surface area contributed by atoms with Crippen molar-refractivity contribution >= 4 is 48.6 Å². The highest BCUT2D eigenvalue weighted by Gasteiger charge is 2.24. The van der Waals surface area contributed by atoms with Gasteiger partial charge in [-0.05, 0) is 77.7 Å². The van der Waals surface area contributed by atoms with Crippen LogP contribution in [0.3, 0.4) is 0 Å². The Kier molecular flexibility index (Phi) is 9.85. The van der Waals surface area contributed by atoms with Crippen LogP contribution in [0.5, 0.6) is 0 Å². The van der Waals surface area contributed by atoms with E-state index in [-0.39, 0.29) is 12.3 Å². The lowest BCUT2D eigenvalue weighted by molar-refractivity contribution is 0.284. The maximum Gasteiger partial charge on any atom is 0.241 e. The van der Waals surface area contributed by atoms with Gasteiger partial charge in [-0.2, -0.15) is 4.98 Å². The molecule has 2 aromatic carbocycles. The van der Waals surface area contributed by atoms with Gasteiger partial charge in [0.1, 0.15) is 5.82 Å². The topological polar surface area (TPSA) is 122 Å². The molecular weight excluding hydrogens is 528 g/mol. The van der Waals surface area contributed by atoms with E-state index in [0.29, 0.717) is 41.9 Å². The number of sulfonamides is 1. The minimum atomic E-state index is -3.52. The van der Waals surface area contributed by atoms with Gasteiger partial charge < -0.3 is 16.4 Å². The molecule has 0 radical (unpaired) electrons. The summed E-state index contributed by atoms with van der Waals surface area (Å²) in [5.41, 5.74) is 6.54. The van der Waals surface area contributed by atoms with Crippen LogP contribution in [0.1, 0.15) is 33.1 Å². The van der Waals surface area contributed by atoms with Gasteiger partial charge in [0.05, 0.1) is 10.4 Å². The minimum absolute atomic E-state index is 0. The molecule has 3 aromatic rings. The second-order valence-electron chi connectivity index (χ2n) is 8.68. The van der Waals surface area contributed by atoms with Crippen LogP contribution in [0.2, 0.25) is 0 Å². The van der Waals surface area contributed by atoms with E-state index in [0.717, 1.165) is 48.9 Å². The third kappa shape index (κ3) is 7.13. The molecule has 10 heteroatoms. The first-order valence-electron chi connectivity index (χ1n) is 11.6. The van der Waals surface area contributed by atoms with Gasteiger partial charge in [-0.3, -0.25) is 0 Å². The van der Waals surface area contributed by atoms with Crippen LogP contribution in [-0.2, 0) is 10.0 Å². The molecule has 0 bridgehead atoms. The number of para-hydroxylation sites is 1. The third-order valence-electron chi connectivity index (χ3n) is 6.24. The Bertz CT molecular complexity index is 1220. The van der Waals surface area contributed by atoms with E-state index >= 15 is 0 Å². The van der Waals surface area contributed by atoms with Crippen molar-refractivity contribution < 1.29 is 8.42 Å². The summed E-state index contributed by atoms with van der Waals surface area (Å²) in [7, 11) is -3.52. The molecule has 0 aliphatic heterocycles. The van der Waals surface area contributed by atoms with Gasteiger partial charge in [-0.25, -0.2) is 18.1 Å². The van der Waals surface area contributed by atoms with Crippen LogP contribution < -0.4 is 21.1 Å². The Morgan fingerprint density at radius 1 is 0.914 bits per heavy atom. The Labute approximate surface area is 216 Å². The first kappa shape index (κ1) is 27.3. The lowest BCUT2D eigenvalue weighted by atomic mass is 9.82. The zero-order valence-electron chi connectivity index (χ0n) is 19.0. The van der Waals surface area contributed by atoms with Crippen molar-refractivity contribution in [3.05, 3.63) is 53.0 Å². The number of hydrogen-bond donors (Lipinski definition) is 4. The maximum atomic E-state index is 12.6. The predicted molar refractivity (Wildman–Crippen MR) is 147 cm³/mol. The summed E-state index contributed by atoms with van der Waals surface area (Å²) in [6, 6.07) is 14.8. The average molecular weight is 564 g/mol. The van der Waals surface area contributed by atoms with Gasteiger partial charge in [0.25, 0.3) is 0 Å². The normalized spacial score (nSPS) is 18.1. The van der Waals surface area contributed by atoms with Crippen molar-refractivity contribution in [3.8, 4) is 0 Å². The summed E-state index contributed by atoms with van der Waals surface area (Å²) in [4.78, 5) is 9.60. The Balaban J connectivity index is 0.00000342. The van der Waals surface area contributed by atoms with Crippen molar-refractivity contribution in [1.82, 2.24) is 14.7 Å². The first-order valence-corrected chi connectivity index (χ1v) is 13.9. The highest BCUT2D eigenvalue weighted by Crippen LogP contribution is 2.30. The number of nitrogens with zero attached hydrogens (tertiary/aromatic N) is 2. The van der Waals surface area contributed by atoms with E-state index < -0.39 is 10.0 Å². The molecule has 1 aliphatic rings. The monoisotopic (exact) mass is 562 g/mol. The van der Waals surface area contributed by atoms with Crippen molar-refractivity contribution in [1.29, 1.82) is 0 Å². The highest BCUT2D eigenvalue weighted by molar-refractivity contribution is 9.10. The molecule has 35 heavy (non-hydrogen) atoms. The van der Waals surface area contributed by atoms with Crippen LogP contribution in [0.15, 0.2) is 57.9 Å². The molecule has 190 valence electrons. The molecule has 1 saturated carbocycles. The number of benzene rings is 2. The lowest BCUT2D eigenvalue weighted by Gasteiger charge is -2.28. The highest BCUT2D eigenvalue weighted by atomic mass is 79.9. The number of hydrogen-bond acceptors (Lipinski definition) is 7. The van der Waals surface area contributed by atoms with Gasteiger partial charge in [-0.1, -0.05) is 31.7 Å². The summed E-state index contributed by atoms with van der Waals surface area (Å²) in [6.45, 7) is 2.44. The number of fused-ring (bicyclic) bond motifs is 1. The SMILES string of the molecule is C.NCCNc1nc(NCC2CCC(CNS(=O)(=O)c3ccccc3Br)CC2)nc2ccccc12. The number of anilines is 2. The predicted octanol–water partition coefficient (Wildman–Crippen LogP) is 4.60. The second-order valence-corrected chi connectivity index (χ2v) is 11.3. The molecule has 0 amide bonds. The summed E-state index contributed by atoms with van der Waals surface area (Å²) < 4.78 is 28.6. The first-order chi connectivity index (χ1) is 16.5. The van der Waals surface area contributed by atoms with Gasteiger partial charge in [0, 0.05) is 36.0 Å².